The third-order valence-electron chi connectivity index (χ3n) is 4.67. The Bertz CT molecular complexity index is 982. The zero-order valence-corrected chi connectivity index (χ0v) is 14.0. The van der Waals surface area contributed by atoms with Crippen LogP contribution in [0.4, 0.5) is 10.1 Å². The number of aromatic amines is 1. The van der Waals surface area contributed by atoms with Crippen LogP contribution in [0.15, 0.2) is 54.7 Å². The van der Waals surface area contributed by atoms with Crippen LogP contribution in [0.5, 0.6) is 0 Å². The van der Waals surface area contributed by atoms with Gasteiger partial charge in [-0.25, -0.2) is 9.29 Å². The first-order valence-corrected chi connectivity index (χ1v) is 8.54. The molecule has 3 aromatic rings. The van der Waals surface area contributed by atoms with Crippen molar-refractivity contribution in [2.45, 2.75) is 18.9 Å². The van der Waals surface area contributed by atoms with Gasteiger partial charge < -0.3 is 10.3 Å². The van der Waals surface area contributed by atoms with E-state index in [1.54, 1.807) is 6.07 Å². The van der Waals surface area contributed by atoms with Crippen LogP contribution < -0.4 is 10.2 Å². The minimum absolute atomic E-state index is 0.0865. The van der Waals surface area contributed by atoms with Gasteiger partial charge in [0.1, 0.15) is 5.82 Å². The molecule has 0 saturated carbocycles. The second kappa shape index (κ2) is 6.72. The lowest BCUT2D eigenvalue weighted by Crippen LogP contribution is -2.39. The fourth-order valence-electron chi connectivity index (χ4n) is 3.40. The number of fused-ring (bicyclic) bond motifs is 1. The maximum Gasteiger partial charge on any atom is 0.251 e. The number of carbonyl (C=O) groups is 2. The second-order valence-corrected chi connectivity index (χ2v) is 6.37. The van der Waals surface area contributed by atoms with E-state index in [4.69, 9.17) is 0 Å². The number of benzene rings is 2. The van der Waals surface area contributed by atoms with Crippen LogP contribution in [-0.4, -0.2) is 29.4 Å². The summed E-state index contributed by atoms with van der Waals surface area (Å²) in [6, 6.07) is 13.0. The number of para-hydroxylation sites is 1. The van der Waals surface area contributed by atoms with Gasteiger partial charge in [0.25, 0.3) is 5.91 Å². The second-order valence-electron chi connectivity index (χ2n) is 6.37. The highest BCUT2D eigenvalue weighted by Crippen LogP contribution is 2.24. The molecule has 1 fully saturated rings. The third-order valence-corrected chi connectivity index (χ3v) is 4.67. The summed E-state index contributed by atoms with van der Waals surface area (Å²) >= 11 is 0. The molecule has 1 aliphatic heterocycles. The van der Waals surface area contributed by atoms with Crippen molar-refractivity contribution in [1.82, 2.24) is 10.3 Å². The number of nitrogens with zero attached hydrogens (tertiary/aromatic N) is 1. The van der Waals surface area contributed by atoms with Gasteiger partial charge in [0.05, 0.1) is 18.2 Å². The van der Waals surface area contributed by atoms with Gasteiger partial charge in [0, 0.05) is 23.6 Å². The highest BCUT2D eigenvalue weighted by molar-refractivity contribution is 6.22. The predicted molar refractivity (Wildman–Crippen MR) is 97.3 cm³/mol. The van der Waals surface area contributed by atoms with Crippen LogP contribution in [0.1, 0.15) is 12.0 Å². The summed E-state index contributed by atoms with van der Waals surface area (Å²) in [7, 11) is 0. The Morgan fingerprint density at radius 1 is 1.15 bits per heavy atom. The maximum absolute atomic E-state index is 13.4. The highest BCUT2D eigenvalue weighted by Gasteiger charge is 2.39. The van der Waals surface area contributed by atoms with E-state index in [0.29, 0.717) is 6.54 Å². The van der Waals surface area contributed by atoms with Gasteiger partial charge in [-0.3, -0.25) is 9.59 Å². The van der Waals surface area contributed by atoms with Crippen molar-refractivity contribution in [3.63, 3.8) is 0 Å². The lowest BCUT2D eigenvalue weighted by Gasteiger charge is -2.15. The number of halogens is 1. The summed E-state index contributed by atoms with van der Waals surface area (Å²) in [5.41, 5.74) is 2.51. The van der Waals surface area contributed by atoms with Crippen molar-refractivity contribution in [3.8, 4) is 0 Å². The Morgan fingerprint density at radius 3 is 2.85 bits per heavy atom. The number of carbonyl (C=O) groups excluding carboxylic acids is 2. The Morgan fingerprint density at radius 2 is 2.00 bits per heavy atom. The van der Waals surface area contributed by atoms with E-state index < -0.39 is 11.9 Å². The summed E-state index contributed by atoms with van der Waals surface area (Å²) in [6.45, 7) is 0.572. The lowest BCUT2D eigenvalue weighted by molar-refractivity contribution is -0.121. The number of anilines is 1. The highest BCUT2D eigenvalue weighted by atomic mass is 19.1. The zero-order valence-electron chi connectivity index (χ0n) is 14.0. The molecule has 2 amide bonds. The van der Waals surface area contributed by atoms with Crippen molar-refractivity contribution in [2.75, 3.05) is 11.4 Å². The molecule has 132 valence electrons. The van der Waals surface area contributed by atoms with E-state index in [1.165, 1.54) is 18.2 Å². The Balaban J connectivity index is 1.41. The molecule has 2 N–H and O–H groups in total. The SMILES string of the molecule is O=C1CC(NCCc2c[nH]c3ccccc23)C(=O)N1c1cccc(F)c1. The number of H-pyrrole nitrogens is 1. The van der Waals surface area contributed by atoms with E-state index in [0.717, 1.165) is 27.8 Å². The first kappa shape index (κ1) is 16.5. The standard InChI is InChI=1S/C20H18FN3O2/c21-14-4-3-5-15(10-14)24-19(25)11-18(20(24)26)22-9-8-13-12-23-17-7-2-1-6-16(13)17/h1-7,10,12,18,22-23H,8-9,11H2. The van der Waals surface area contributed by atoms with Gasteiger partial charge in [-0.15, -0.1) is 0 Å². The average Bonchev–Trinajstić information content (AvgIpc) is 3.16. The summed E-state index contributed by atoms with van der Waals surface area (Å²) in [4.78, 5) is 29.0. The predicted octanol–water partition coefficient (Wildman–Crippen LogP) is 2.77. The summed E-state index contributed by atoms with van der Waals surface area (Å²) in [5.74, 6) is -1.12. The molecule has 0 aliphatic carbocycles. The van der Waals surface area contributed by atoms with Crippen molar-refractivity contribution < 1.29 is 14.0 Å². The van der Waals surface area contributed by atoms with Crippen LogP contribution in [0.3, 0.4) is 0 Å². The molecule has 6 heteroatoms. The maximum atomic E-state index is 13.4. The molecule has 2 heterocycles. The Kier molecular flexibility index (Phi) is 4.26. The van der Waals surface area contributed by atoms with Crippen molar-refractivity contribution >= 4 is 28.4 Å². The van der Waals surface area contributed by atoms with E-state index in [9.17, 15) is 14.0 Å². The number of imide groups is 1. The summed E-state index contributed by atoms with van der Waals surface area (Å²) in [5, 5.41) is 4.32. The summed E-state index contributed by atoms with van der Waals surface area (Å²) in [6.07, 6.45) is 2.79. The zero-order chi connectivity index (χ0) is 18.1. The molecule has 2 aromatic carbocycles. The van der Waals surface area contributed by atoms with Crippen LogP contribution >= 0.6 is 0 Å². The topological polar surface area (TPSA) is 65.2 Å². The van der Waals surface area contributed by atoms with Gasteiger partial charge in [0.15, 0.2) is 0 Å². The largest absolute Gasteiger partial charge is 0.361 e. The molecule has 1 unspecified atom stereocenters. The molecular formula is C20H18FN3O2. The molecule has 1 atom stereocenters. The average molecular weight is 351 g/mol. The van der Waals surface area contributed by atoms with E-state index in [-0.39, 0.29) is 23.9 Å². The van der Waals surface area contributed by atoms with Gasteiger partial charge in [-0.1, -0.05) is 24.3 Å². The minimum atomic E-state index is -0.573. The first-order valence-electron chi connectivity index (χ1n) is 8.54. The monoisotopic (exact) mass is 351 g/mol. The quantitative estimate of drug-likeness (QED) is 0.695. The number of amides is 2. The number of hydrogen-bond donors (Lipinski definition) is 2. The number of aromatic nitrogens is 1. The molecule has 0 bridgehead atoms. The number of rotatable bonds is 5. The van der Waals surface area contributed by atoms with Crippen LogP contribution in [0.2, 0.25) is 0 Å². The van der Waals surface area contributed by atoms with Crippen LogP contribution in [0.25, 0.3) is 10.9 Å². The molecule has 4 rings (SSSR count). The van der Waals surface area contributed by atoms with E-state index in [1.807, 2.05) is 24.4 Å². The van der Waals surface area contributed by atoms with Gasteiger partial charge in [0.2, 0.25) is 5.91 Å². The van der Waals surface area contributed by atoms with Gasteiger partial charge in [-0.05, 0) is 36.2 Å². The van der Waals surface area contributed by atoms with Crippen LogP contribution in [0, 0.1) is 5.82 Å². The summed E-state index contributed by atoms with van der Waals surface area (Å²) < 4.78 is 13.4. The fraction of sp³-hybridized carbons (Fsp3) is 0.200. The van der Waals surface area contributed by atoms with Gasteiger partial charge >= 0.3 is 0 Å². The smallest absolute Gasteiger partial charge is 0.251 e. The minimum Gasteiger partial charge on any atom is -0.361 e. The number of nitrogens with one attached hydrogen (secondary N) is 2. The lowest BCUT2D eigenvalue weighted by atomic mass is 10.1. The molecule has 1 aromatic heterocycles. The van der Waals surface area contributed by atoms with Crippen molar-refractivity contribution in [3.05, 3.63) is 66.1 Å². The molecular weight excluding hydrogens is 333 g/mol. The Labute approximate surface area is 149 Å². The molecule has 26 heavy (non-hydrogen) atoms. The van der Waals surface area contributed by atoms with E-state index in [2.05, 4.69) is 16.4 Å². The molecule has 1 aliphatic rings. The molecule has 0 spiro atoms. The normalized spacial score (nSPS) is 17.4. The first-order chi connectivity index (χ1) is 12.6. The van der Waals surface area contributed by atoms with Crippen LogP contribution in [-0.2, 0) is 16.0 Å². The fourth-order valence-corrected chi connectivity index (χ4v) is 3.40. The van der Waals surface area contributed by atoms with Crippen molar-refractivity contribution in [1.29, 1.82) is 0 Å². The molecule has 5 nitrogen and oxygen atoms in total. The number of hydrogen-bond acceptors (Lipinski definition) is 3. The third kappa shape index (κ3) is 2.99. The molecule has 0 radical (unpaired) electrons. The molecule has 1 saturated heterocycles. The van der Waals surface area contributed by atoms with Crippen molar-refractivity contribution in [2.24, 2.45) is 0 Å². The van der Waals surface area contributed by atoms with E-state index >= 15 is 0 Å². The Hall–Kier alpha value is -2.99. The van der Waals surface area contributed by atoms with Gasteiger partial charge in [-0.2, -0.15) is 0 Å².